The molecule has 1 unspecified atom stereocenters. The molecule has 2 rings (SSSR count). The van der Waals surface area contributed by atoms with Gasteiger partial charge in [-0.15, -0.1) is 0 Å². The number of nitrogens with one attached hydrogen (secondary N) is 1. The normalized spacial score (nSPS) is 20.8. The summed E-state index contributed by atoms with van der Waals surface area (Å²) in [6.45, 7) is 2.77. The quantitative estimate of drug-likeness (QED) is 0.854. The molecule has 3 heteroatoms. The Morgan fingerprint density at radius 3 is 3.00 bits per heavy atom. The van der Waals surface area contributed by atoms with Crippen LogP contribution in [0.3, 0.4) is 0 Å². The maximum atomic E-state index is 6.19. The van der Waals surface area contributed by atoms with Gasteiger partial charge in [-0.05, 0) is 36.1 Å². The van der Waals surface area contributed by atoms with Gasteiger partial charge in [-0.1, -0.05) is 23.7 Å². The number of rotatable bonds is 3. The summed E-state index contributed by atoms with van der Waals surface area (Å²) in [6, 6.07) is 6.31. The van der Waals surface area contributed by atoms with Crippen molar-refractivity contribution in [1.82, 2.24) is 5.32 Å². The summed E-state index contributed by atoms with van der Waals surface area (Å²) in [7, 11) is 1.69. The van der Waals surface area contributed by atoms with E-state index in [1.54, 1.807) is 7.11 Å². The van der Waals surface area contributed by atoms with Gasteiger partial charge in [-0.3, -0.25) is 0 Å². The van der Waals surface area contributed by atoms with Crippen molar-refractivity contribution in [1.29, 1.82) is 0 Å². The molecule has 1 aliphatic heterocycles. The van der Waals surface area contributed by atoms with E-state index in [4.69, 9.17) is 16.3 Å². The third-order valence-electron chi connectivity index (χ3n) is 2.91. The van der Waals surface area contributed by atoms with Gasteiger partial charge in [0.1, 0.15) is 0 Å². The number of halogens is 1. The minimum Gasteiger partial charge on any atom is -0.380 e. The van der Waals surface area contributed by atoms with E-state index in [2.05, 4.69) is 23.5 Å². The van der Waals surface area contributed by atoms with Crippen LogP contribution in [-0.4, -0.2) is 20.2 Å². The van der Waals surface area contributed by atoms with Crippen LogP contribution in [0.15, 0.2) is 18.2 Å². The van der Waals surface area contributed by atoms with Crippen LogP contribution in [0.1, 0.15) is 23.5 Å². The minimum absolute atomic E-state index is 0.585. The summed E-state index contributed by atoms with van der Waals surface area (Å²) >= 11 is 6.19. The van der Waals surface area contributed by atoms with Crippen molar-refractivity contribution in [2.45, 2.75) is 18.9 Å². The molecule has 1 aromatic rings. The van der Waals surface area contributed by atoms with Crippen LogP contribution in [0.4, 0.5) is 0 Å². The lowest BCUT2D eigenvalue weighted by atomic mass is 9.97. The molecule has 82 valence electrons. The van der Waals surface area contributed by atoms with Crippen LogP contribution in [0.2, 0.25) is 5.02 Å². The monoisotopic (exact) mass is 225 g/mol. The van der Waals surface area contributed by atoms with Gasteiger partial charge in [0, 0.05) is 18.7 Å². The predicted molar refractivity (Wildman–Crippen MR) is 62.4 cm³/mol. The molecule has 1 aliphatic rings. The van der Waals surface area contributed by atoms with E-state index >= 15 is 0 Å². The van der Waals surface area contributed by atoms with E-state index in [0.29, 0.717) is 12.5 Å². The van der Waals surface area contributed by atoms with E-state index in [9.17, 15) is 0 Å². The molecule has 2 nitrogen and oxygen atoms in total. The molecule has 1 N–H and O–H groups in total. The Hall–Kier alpha value is -0.570. The van der Waals surface area contributed by atoms with Gasteiger partial charge in [0.2, 0.25) is 0 Å². The maximum Gasteiger partial charge on any atom is 0.0727 e. The number of hydrogen-bond acceptors (Lipinski definition) is 2. The fourth-order valence-corrected chi connectivity index (χ4v) is 2.27. The molecule has 0 radical (unpaired) electrons. The highest BCUT2D eigenvalue weighted by Crippen LogP contribution is 2.27. The second kappa shape index (κ2) is 4.97. The van der Waals surface area contributed by atoms with Gasteiger partial charge < -0.3 is 10.1 Å². The first-order valence-corrected chi connectivity index (χ1v) is 5.67. The highest BCUT2D eigenvalue weighted by molar-refractivity contribution is 6.31. The Labute approximate surface area is 95.6 Å². The first kappa shape index (κ1) is 10.9. The summed E-state index contributed by atoms with van der Waals surface area (Å²) in [4.78, 5) is 0. The molecule has 0 amide bonds. The van der Waals surface area contributed by atoms with Crippen molar-refractivity contribution in [3.63, 3.8) is 0 Å². The maximum absolute atomic E-state index is 6.19. The molecule has 0 spiro atoms. The zero-order valence-corrected chi connectivity index (χ0v) is 9.68. The summed E-state index contributed by atoms with van der Waals surface area (Å²) < 4.78 is 5.08. The molecule has 0 aromatic heterocycles. The molecule has 0 bridgehead atoms. The highest BCUT2D eigenvalue weighted by atomic mass is 35.5. The van der Waals surface area contributed by atoms with E-state index in [1.807, 2.05) is 0 Å². The Morgan fingerprint density at radius 1 is 1.53 bits per heavy atom. The van der Waals surface area contributed by atoms with E-state index in [-0.39, 0.29) is 0 Å². The van der Waals surface area contributed by atoms with Crippen molar-refractivity contribution >= 4 is 11.6 Å². The summed E-state index contributed by atoms with van der Waals surface area (Å²) in [5.74, 6) is 0.624. The van der Waals surface area contributed by atoms with Gasteiger partial charge in [0.25, 0.3) is 0 Å². The van der Waals surface area contributed by atoms with Gasteiger partial charge in [0.15, 0.2) is 0 Å². The lowest BCUT2D eigenvalue weighted by molar-refractivity contribution is 0.185. The van der Waals surface area contributed by atoms with E-state index in [0.717, 1.165) is 23.7 Å². The largest absolute Gasteiger partial charge is 0.380 e. The van der Waals surface area contributed by atoms with Crippen molar-refractivity contribution in [3.05, 3.63) is 34.3 Å². The Bertz CT molecular complexity index is 334. The molecule has 1 atom stereocenters. The van der Waals surface area contributed by atoms with Crippen molar-refractivity contribution < 1.29 is 4.74 Å². The molecule has 1 fully saturated rings. The second-order valence-corrected chi connectivity index (χ2v) is 4.38. The minimum atomic E-state index is 0.585. The molecular formula is C12H16ClNO. The first-order chi connectivity index (χ1) is 7.31. The molecule has 1 saturated heterocycles. The van der Waals surface area contributed by atoms with Crippen molar-refractivity contribution in [3.8, 4) is 0 Å². The van der Waals surface area contributed by atoms with E-state index in [1.165, 1.54) is 12.0 Å². The topological polar surface area (TPSA) is 21.3 Å². The fourth-order valence-electron chi connectivity index (χ4n) is 2.03. The van der Waals surface area contributed by atoms with Gasteiger partial charge in [-0.25, -0.2) is 0 Å². The number of ether oxygens (including phenoxy) is 1. The zero-order chi connectivity index (χ0) is 10.7. The van der Waals surface area contributed by atoms with Crippen LogP contribution in [-0.2, 0) is 11.3 Å². The second-order valence-electron chi connectivity index (χ2n) is 3.97. The Kier molecular flexibility index (Phi) is 3.62. The van der Waals surface area contributed by atoms with Crippen LogP contribution < -0.4 is 5.32 Å². The van der Waals surface area contributed by atoms with Gasteiger partial charge in [0.05, 0.1) is 6.61 Å². The van der Waals surface area contributed by atoms with Gasteiger partial charge >= 0.3 is 0 Å². The summed E-state index contributed by atoms with van der Waals surface area (Å²) in [5.41, 5.74) is 2.40. The summed E-state index contributed by atoms with van der Waals surface area (Å²) in [6.07, 6.45) is 1.21. The average molecular weight is 226 g/mol. The third kappa shape index (κ3) is 2.51. The lowest BCUT2D eigenvalue weighted by Crippen LogP contribution is -2.08. The molecule has 15 heavy (non-hydrogen) atoms. The highest BCUT2D eigenvalue weighted by Gasteiger charge is 2.17. The third-order valence-corrected chi connectivity index (χ3v) is 3.26. The molecule has 0 aliphatic carbocycles. The number of hydrogen-bond donors (Lipinski definition) is 1. The fraction of sp³-hybridized carbons (Fsp3) is 0.500. The van der Waals surface area contributed by atoms with Crippen LogP contribution in [0.5, 0.6) is 0 Å². The number of benzene rings is 1. The lowest BCUT2D eigenvalue weighted by Gasteiger charge is -2.11. The van der Waals surface area contributed by atoms with Gasteiger partial charge in [-0.2, -0.15) is 0 Å². The summed E-state index contributed by atoms with van der Waals surface area (Å²) in [5, 5.41) is 4.18. The Balaban J connectivity index is 2.16. The van der Waals surface area contributed by atoms with Crippen molar-refractivity contribution in [2.24, 2.45) is 0 Å². The van der Waals surface area contributed by atoms with Crippen LogP contribution >= 0.6 is 11.6 Å². The molecule has 1 aromatic carbocycles. The Morgan fingerprint density at radius 2 is 2.40 bits per heavy atom. The van der Waals surface area contributed by atoms with Crippen LogP contribution in [0.25, 0.3) is 0 Å². The van der Waals surface area contributed by atoms with Crippen LogP contribution in [0, 0.1) is 0 Å². The molecule has 0 saturated carbocycles. The average Bonchev–Trinajstić information content (AvgIpc) is 2.74. The predicted octanol–water partition coefficient (Wildman–Crippen LogP) is 2.56. The number of methoxy groups -OCH3 is 1. The SMILES string of the molecule is COCc1ccc(C2CCNC2)cc1Cl. The van der Waals surface area contributed by atoms with E-state index < -0.39 is 0 Å². The first-order valence-electron chi connectivity index (χ1n) is 5.29. The molecule has 1 heterocycles. The van der Waals surface area contributed by atoms with Crippen molar-refractivity contribution in [2.75, 3.05) is 20.2 Å². The smallest absolute Gasteiger partial charge is 0.0727 e. The zero-order valence-electron chi connectivity index (χ0n) is 8.92. The molecular weight excluding hydrogens is 210 g/mol. The standard InChI is InChI=1S/C12H16ClNO/c1-15-8-11-3-2-9(6-12(11)13)10-4-5-14-7-10/h2-3,6,10,14H,4-5,7-8H2,1H3.